The number of nitrogens with one attached hydrogen (secondary N) is 1. The Hall–Kier alpha value is -3.58. The van der Waals surface area contributed by atoms with Crippen LogP contribution in [0.5, 0.6) is 5.75 Å². The zero-order valence-electron chi connectivity index (χ0n) is 17.6. The number of halogens is 2. The first-order chi connectivity index (χ1) is 15.8. The smallest absolute Gasteiger partial charge is 0.301 e. The maximum Gasteiger partial charge on any atom is 0.301 e. The van der Waals surface area contributed by atoms with Crippen molar-refractivity contribution in [3.8, 4) is 22.9 Å². The van der Waals surface area contributed by atoms with Crippen molar-refractivity contribution < 1.29 is 28.2 Å². The second kappa shape index (κ2) is 9.11. The highest BCUT2D eigenvalue weighted by atomic mass is 19.3. The molecule has 10 heteroatoms. The van der Waals surface area contributed by atoms with E-state index in [1.807, 2.05) is 6.07 Å². The Morgan fingerprint density at radius 2 is 2.00 bits per heavy atom. The van der Waals surface area contributed by atoms with Gasteiger partial charge < -0.3 is 20.1 Å². The predicted molar refractivity (Wildman–Crippen MR) is 113 cm³/mol. The Labute approximate surface area is 188 Å². The Balaban J connectivity index is 1.50. The number of carbonyl (C=O) groups excluding carboxylic acids is 2. The van der Waals surface area contributed by atoms with Crippen molar-refractivity contribution in [3.05, 3.63) is 42.1 Å². The molecule has 2 heterocycles. The summed E-state index contributed by atoms with van der Waals surface area (Å²) in [7, 11) is 0. The van der Waals surface area contributed by atoms with Crippen LogP contribution in [0.15, 0.2) is 36.5 Å². The van der Waals surface area contributed by atoms with Gasteiger partial charge in [-0.2, -0.15) is 5.26 Å². The first-order valence-electron chi connectivity index (χ1n) is 10.6. The van der Waals surface area contributed by atoms with Crippen LogP contribution < -0.4 is 10.1 Å². The van der Waals surface area contributed by atoms with Crippen LogP contribution in [0.3, 0.4) is 0 Å². The number of amides is 2. The number of benzene rings is 1. The summed E-state index contributed by atoms with van der Waals surface area (Å²) >= 11 is 0. The maximum atomic E-state index is 14.6. The van der Waals surface area contributed by atoms with E-state index in [0.29, 0.717) is 16.9 Å². The molecule has 1 unspecified atom stereocenters. The Bertz CT molecular complexity index is 1110. The lowest BCUT2D eigenvalue weighted by Crippen LogP contribution is -2.55. The number of aliphatic hydroxyl groups is 1. The minimum absolute atomic E-state index is 0.0178. The molecule has 2 fully saturated rings. The number of nitriles is 1. The molecule has 1 saturated heterocycles. The average Bonchev–Trinajstić information content (AvgIpc) is 3.65. The number of hydrogen-bond acceptors (Lipinski definition) is 6. The molecule has 1 aromatic heterocycles. The molecule has 0 bridgehead atoms. The standard InChI is InChI=1S/C23H22F2N4O4/c24-23(25)13-29(21(31)12-30)8-6-19(23)33-18-4-3-15(9-17(18)11-26)16-5-7-27-20(10-16)28-22(32)14-1-2-14/h3-5,7,9-10,14,19,30H,1-2,6,8,12-13H2,(H,27,28,32). The Morgan fingerprint density at radius 3 is 2.67 bits per heavy atom. The number of aliphatic hydroxyl groups excluding tert-OH is 1. The van der Waals surface area contributed by atoms with E-state index in [-0.39, 0.29) is 36.1 Å². The molecule has 8 nitrogen and oxygen atoms in total. The van der Waals surface area contributed by atoms with Crippen LogP contribution in [0, 0.1) is 17.2 Å². The molecule has 0 spiro atoms. The van der Waals surface area contributed by atoms with Gasteiger partial charge in [-0.3, -0.25) is 9.59 Å². The topological polar surface area (TPSA) is 116 Å². The van der Waals surface area contributed by atoms with Gasteiger partial charge in [0.05, 0.1) is 12.1 Å². The van der Waals surface area contributed by atoms with E-state index in [1.165, 1.54) is 18.3 Å². The summed E-state index contributed by atoms with van der Waals surface area (Å²) in [5.74, 6) is -3.73. The minimum atomic E-state index is -3.34. The first kappa shape index (κ1) is 22.6. The molecule has 172 valence electrons. The molecule has 2 amide bonds. The van der Waals surface area contributed by atoms with E-state index in [0.717, 1.165) is 17.7 Å². The van der Waals surface area contributed by atoms with Crippen LogP contribution in [0.2, 0.25) is 0 Å². The van der Waals surface area contributed by atoms with Gasteiger partial charge >= 0.3 is 5.92 Å². The van der Waals surface area contributed by atoms with Gasteiger partial charge in [-0.1, -0.05) is 6.07 Å². The van der Waals surface area contributed by atoms with Crippen molar-refractivity contribution in [2.45, 2.75) is 31.3 Å². The zero-order valence-corrected chi connectivity index (χ0v) is 17.6. The van der Waals surface area contributed by atoms with Crippen molar-refractivity contribution in [3.63, 3.8) is 0 Å². The molecule has 1 saturated carbocycles. The highest BCUT2D eigenvalue weighted by Gasteiger charge is 2.47. The normalized spacial score (nSPS) is 19.5. The third-order valence-corrected chi connectivity index (χ3v) is 5.68. The number of ether oxygens (including phenoxy) is 1. The molecule has 4 rings (SSSR count). The van der Waals surface area contributed by atoms with Crippen LogP contribution in [-0.4, -0.2) is 58.5 Å². The fourth-order valence-electron chi connectivity index (χ4n) is 3.68. The summed E-state index contributed by atoms with van der Waals surface area (Å²) in [4.78, 5) is 28.6. The first-order valence-corrected chi connectivity index (χ1v) is 10.6. The highest BCUT2D eigenvalue weighted by Crippen LogP contribution is 2.34. The largest absolute Gasteiger partial charge is 0.483 e. The summed E-state index contributed by atoms with van der Waals surface area (Å²) in [6, 6.07) is 9.99. The molecule has 2 aliphatic rings. The van der Waals surface area contributed by atoms with Gasteiger partial charge in [0, 0.05) is 25.1 Å². The third kappa shape index (κ3) is 5.09. The predicted octanol–water partition coefficient (Wildman–Crippen LogP) is 2.58. The lowest BCUT2D eigenvalue weighted by atomic mass is 10.0. The van der Waals surface area contributed by atoms with Crippen molar-refractivity contribution in [2.75, 3.05) is 25.0 Å². The van der Waals surface area contributed by atoms with Crippen molar-refractivity contribution >= 4 is 17.6 Å². The molecule has 1 aromatic carbocycles. The van der Waals surface area contributed by atoms with E-state index in [4.69, 9.17) is 9.84 Å². The van der Waals surface area contributed by atoms with Crippen molar-refractivity contribution in [1.82, 2.24) is 9.88 Å². The third-order valence-electron chi connectivity index (χ3n) is 5.68. The molecule has 2 N–H and O–H groups in total. The number of anilines is 1. The van der Waals surface area contributed by atoms with Gasteiger partial charge in [-0.05, 0) is 48.2 Å². The number of likely N-dealkylation sites (tertiary alicyclic amines) is 1. The quantitative estimate of drug-likeness (QED) is 0.690. The van der Waals surface area contributed by atoms with Crippen LogP contribution in [-0.2, 0) is 9.59 Å². The van der Waals surface area contributed by atoms with Gasteiger partial charge in [0.2, 0.25) is 11.8 Å². The van der Waals surface area contributed by atoms with Crippen LogP contribution >= 0.6 is 0 Å². The van der Waals surface area contributed by atoms with Gasteiger partial charge in [-0.25, -0.2) is 13.8 Å². The second-order valence-electron chi connectivity index (χ2n) is 8.15. The average molecular weight is 456 g/mol. The van der Waals surface area contributed by atoms with Crippen LogP contribution in [0.4, 0.5) is 14.6 Å². The van der Waals surface area contributed by atoms with E-state index in [9.17, 15) is 23.6 Å². The van der Waals surface area contributed by atoms with E-state index in [1.54, 1.807) is 18.2 Å². The fraction of sp³-hybridized carbons (Fsp3) is 0.391. The van der Waals surface area contributed by atoms with Crippen molar-refractivity contribution in [1.29, 1.82) is 5.26 Å². The van der Waals surface area contributed by atoms with Gasteiger partial charge in [0.25, 0.3) is 0 Å². The summed E-state index contributed by atoms with van der Waals surface area (Å²) in [6.45, 7) is -1.67. The molecule has 33 heavy (non-hydrogen) atoms. The molecule has 0 radical (unpaired) electrons. The highest BCUT2D eigenvalue weighted by molar-refractivity contribution is 5.93. The summed E-state index contributed by atoms with van der Waals surface area (Å²) < 4.78 is 34.6. The lowest BCUT2D eigenvalue weighted by Gasteiger charge is -2.38. The number of carbonyl (C=O) groups is 2. The monoisotopic (exact) mass is 456 g/mol. The number of aromatic nitrogens is 1. The Kier molecular flexibility index (Phi) is 6.24. The SMILES string of the molecule is N#Cc1cc(-c2ccnc(NC(=O)C3CC3)c2)ccc1OC1CCN(C(=O)CO)CC1(F)F. The van der Waals surface area contributed by atoms with Gasteiger partial charge in [-0.15, -0.1) is 0 Å². The number of hydrogen-bond donors (Lipinski definition) is 2. The lowest BCUT2D eigenvalue weighted by molar-refractivity contribution is -0.161. The van der Waals surface area contributed by atoms with E-state index >= 15 is 0 Å². The summed E-state index contributed by atoms with van der Waals surface area (Å²) in [6.07, 6.45) is 1.63. The second-order valence-corrected chi connectivity index (χ2v) is 8.15. The molecule has 2 aromatic rings. The van der Waals surface area contributed by atoms with Crippen LogP contribution in [0.1, 0.15) is 24.8 Å². The number of alkyl halides is 2. The number of rotatable bonds is 6. The van der Waals surface area contributed by atoms with Gasteiger partial charge in [0.15, 0.2) is 6.10 Å². The molecule has 1 aliphatic carbocycles. The van der Waals surface area contributed by atoms with Gasteiger partial charge in [0.1, 0.15) is 24.2 Å². The molecular formula is C23H22F2N4O4. The van der Waals surface area contributed by atoms with E-state index < -0.39 is 31.1 Å². The minimum Gasteiger partial charge on any atom is -0.483 e. The van der Waals surface area contributed by atoms with Crippen molar-refractivity contribution in [2.24, 2.45) is 5.92 Å². The number of pyridine rings is 1. The summed E-state index contributed by atoms with van der Waals surface area (Å²) in [5, 5.41) is 21.2. The van der Waals surface area contributed by atoms with Crippen LogP contribution in [0.25, 0.3) is 11.1 Å². The molecular weight excluding hydrogens is 434 g/mol. The molecule has 1 aliphatic heterocycles. The zero-order chi connectivity index (χ0) is 23.6. The number of piperidine rings is 1. The number of nitrogens with zero attached hydrogens (tertiary/aromatic N) is 3. The van der Waals surface area contributed by atoms with E-state index in [2.05, 4.69) is 10.3 Å². The molecule has 1 atom stereocenters. The Morgan fingerprint density at radius 1 is 1.24 bits per heavy atom. The summed E-state index contributed by atoms with van der Waals surface area (Å²) in [5.41, 5.74) is 1.41. The fourth-order valence-corrected chi connectivity index (χ4v) is 3.68. The maximum absolute atomic E-state index is 14.6.